The number of nitrogens with one attached hydrogen (secondary N) is 1. The van der Waals surface area contributed by atoms with Crippen molar-refractivity contribution in [3.8, 4) is 0 Å². The molecule has 3 N–H and O–H groups in total. The Kier molecular flexibility index (Phi) is 4.14. The van der Waals surface area contributed by atoms with E-state index in [0.717, 1.165) is 12.1 Å². The Hall–Kier alpha value is -1.98. The molecule has 6 heteroatoms. The normalized spacial score (nSPS) is 11.9. The van der Waals surface area contributed by atoms with Gasteiger partial charge < -0.3 is 11.1 Å². The topological polar surface area (TPSA) is 72.2 Å². The molecule has 1 atom stereocenters. The van der Waals surface area contributed by atoms with Crippen LogP contribution in [0.25, 0.3) is 0 Å². The second kappa shape index (κ2) is 5.38. The maximum atomic E-state index is 13.3. The zero-order chi connectivity index (χ0) is 13.0. The lowest BCUT2D eigenvalue weighted by molar-refractivity contribution is -0.119. The standard InChI is InChI=1S/C11H12F2N2O2/c1-2-8(10(14)16)15-11(17)6-4-3-5-7(12)9(6)13/h3-5,8H,2H2,1H3,(H2,14,16)(H,15,17)/t8-/m1/s1. The van der Waals surface area contributed by atoms with Gasteiger partial charge in [0.15, 0.2) is 11.6 Å². The van der Waals surface area contributed by atoms with Crippen molar-refractivity contribution in [3.05, 3.63) is 35.4 Å². The van der Waals surface area contributed by atoms with Crippen LogP contribution in [-0.4, -0.2) is 17.9 Å². The van der Waals surface area contributed by atoms with E-state index in [0.29, 0.717) is 0 Å². The predicted molar refractivity (Wildman–Crippen MR) is 57.1 cm³/mol. The van der Waals surface area contributed by atoms with Crippen molar-refractivity contribution in [2.45, 2.75) is 19.4 Å². The fourth-order valence-electron chi connectivity index (χ4n) is 1.29. The van der Waals surface area contributed by atoms with Crippen LogP contribution in [0.1, 0.15) is 23.7 Å². The van der Waals surface area contributed by atoms with Crippen LogP contribution in [0.3, 0.4) is 0 Å². The highest BCUT2D eigenvalue weighted by atomic mass is 19.2. The van der Waals surface area contributed by atoms with Gasteiger partial charge in [-0.25, -0.2) is 8.78 Å². The second-order valence-electron chi connectivity index (χ2n) is 3.44. The summed E-state index contributed by atoms with van der Waals surface area (Å²) in [6.07, 6.45) is 0.276. The van der Waals surface area contributed by atoms with Crippen molar-refractivity contribution >= 4 is 11.8 Å². The first kappa shape index (κ1) is 13.1. The number of rotatable bonds is 4. The van der Waals surface area contributed by atoms with E-state index < -0.39 is 35.1 Å². The molecule has 0 saturated carbocycles. The van der Waals surface area contributed by atoms with Crippen LogP contribution in [0.5, 0.6) is 0 Å². The van der Waals surface area contributed by atoms with Gasteiger partial charge in [0, 0.05) is 0 Å². The van der Waals surface area contributed by atoms with Crippen LogP contribution in [0.4, 0.5) is 8.78 Å². The van der Waals surface area contributed by atoms with Gasteiger partial charge in [-0.3, -0.25) is 9.59 Å². The van der Waals surface area contributed by atoms with Crippen LogP contribution in [-0.2, 0) is 4.79 Å². The van der Waals surface area contributed by atoms with E-state index in [1.807, 2.05) is 0 Å². The molecule has 1 aromatic carbocycles. The minimum absolute atomic E-state index is 0.276. The van der Waals surface area contributed by atoms with Gasteiger partial charge >= 0.3 is 0 Å². The van der Waals surface area contributed by atoms with Gasteiger partial charge in [-0.2, -0.15) is 0 Å². The van der Waals surface area contributed by atoms with E-state index in [1.54, 1.807) is 6.92 Å². The molecule has 0 aliphatic rings. The van der Waals surface area contributed by atoms with Gasteiger partial charge in [0.05, 0.1) is 5.56 Å². The van der Waals surface area contributed by atoms with Crippen molar-refractivity contribution in [2.24, 2.45) is 5.73 Å². The molecule has 1 aromatic rings. The highest BCUT2D eigenvalue weighted by Crippen LogP contribution is 2.11. The van der Waals surface area contributed by atoms with Gasteiger partial charge in [0.1, 0.15) is 6.04 Å². The average Bonchev–Trinajstić information content (AvgIpc) is 2.28. The number of hydrogen-bond acceptors (Lipinski definition) is 2. The van der Waals surface area contributed by atoms with E-state index in [4.69, 9.17) is 5.73 Å². The maximum absolute atomic E-state index is 13.3. The summed E-state index contributed by atoms with van der Waals surface area (Å²) >= 11 is 0. The monoisotopic (exact) mass is 242 g/mol. The lowest BCUT2D eigenvalue weighted by atomic mass is 10.1. The molecule has 1 rings (SSSR count). The zero-order valence-electron chi connectivity index (χ0n) is 9.17. The quantitative estimate of drug-likeness (QED) is 0.825. The molecule has 0 aromatic heterocycles. The number of nitrogens with two attached hydrogens (primary N) is 1. The molecule has 4 nitrogen and oxygen atoms in total. The first-order valence-electron chi connectivity index (χ1n) is 5.01. The summed E-state index contributed by atoms with van der Waals surface area (Å²) in [6.45, 7) is 1.64. The Morgan fingerprint density at radius 3 is 2.59 bits per heavy atom. The third-order valence-corrected chi connectivity index (χ3v) is 2.25. The molecule has 0 saturated heterocycles. The van der Waals surface area contributed by atoms with Gasteiger partial charge in [-0.15, -0.1) is 0 Å². The predicted octanol–water partition coefficient (Wildman–Crippen LogP) is 0.958. The summed E-state index contributed by atoms with van der Waals surface area (Å²) in [5.41, 5.74) is 4.57. The SMILES string of the molecule is CC[C@@H](NC(=O)c1cccc(F)c1F)C(N)=O. The van der Waals surface area contributed by atoms with Crippen molar-refractivity contribution in [1.82, 2.24) is 5.32 Å². The molecule has 0 aliphatic carbocycles. The maximum Gasteiger partial charge on any atom is 0.255 e. The number of benzene rings is 1. The third kappa shape index (κ3) is 2.99. The van der Waals surface area contributed by atoms with E-state index in [2.05, 4.69) is 5.32 Å². The fourth-order valence-corrected chi connectivity index (χ4v) is 1.29. The number of carbonyl (C=O) groups is 2. The van der Waals surface area contributed by atoms with Crippen LogP contribution >= 0.6 is 0 Å². The Morgan fingerprint density at radius 2 is 2.06 bits per heavy atom. The van der Waals surface area contributed by atoms with Gasteiger partial charge in [-0.05, 0) is 18.6 Å². The van der Waals surface area contributed by atoms with Gasteiger partial charge in [-0.1, -0.05) is 13.0 Å². The molecule has 0 unspecified atom stereocenters. The smallest absolute Gasteiger partial charge is 0.255 e. The molecule has 0 aliphatic heterocycles. The summed E-state index contributed by atoms with van der Waals surface area (Å²) in [5.74, 6) is -3.96. The van der Waals surface area contributed by atoms with Crippen molar-refractivity contribution in [1.29, 1.82) is 0 Å². The number of primary amides is 1. The minimum atomic E-state index is -1.25. The summed E-state index contributed by atoms with van der Waals surface area (Å²) in [5, 5.41) is 2.23. The highest BCUT2D eigenvalue weighted by molar-refractivity contribution is 5.97. The summed E-state index contributed by atoms with van der Waals surface area (Å²) in [6, 6.07) is 2.34. The van der Waals surface area contributed by atoms with E-state index in [9.17, 15) is 18.4 Å². The third-order valence-electron chi connectivity index (χ3n) is 2.25. The number of carbonyl (C=O) groups excluding carboxylic acids is 2. The zero-order valence-corrected chi connectivity index (χ0v) is 9.17. The molecule has 0 spiro atoms. The summed E-state index contributed by atoms with van der Waals surface area (Å²) in [4.78, 5) is 22.5. The molecular weight excluding hydrogens is 230 g/mol. The lowest BCUT2D eigenvalue weighted by Gasteiger charge is -2.13. The summed E-state index contributed by atoms with van der Waals surface area (Å²) < 4.78 is 26.1. The van der Waals surface area contributed by atoms with Crippen LogP contribution in [0.2, 0.25) is 0 Å². The van der Waals surface area contributed by atoms with Crippen molar-refractivity contribution < 1.29 is 18.4 Å². The number of hydrogen-bond donors (Lipinski definition) is 2. The first-order valence-corrected chi connectivity index (χ1v) is 5.01. The Morgan fingerprint density at radius 1 is 1.41 bits per heavy atom. The van der Waals surface area contributed by atoms with Crippen LogP contribution in [0, 0.1) is 11.6 Å². The number of amides is 2. The molecule has 92 valence electrons. The fraction of sp³-hybridized carbons (Fsp3) is 0.273. The first-order chi connectivity index (χ1) is 7.97. The van der Waals surface area contributed by atoms with Gasteiger partial charge in [0.25, 0.3) is 5.91 Å². The van der Waals surface area contributed by atoms with E-state index in [1.165, 1.54) is 6.07 Å². The van der Waals surface area contributed by atoms with Crippen molar-refractivity contribution in [2.75, 3.05) is 0 Å². The van der Waals surface area contributed by atoms with E-state index in [-0.39, 0.29) is 6.42 Å². The van der Waals surface area contributed by atoms with Gasteiger partial charge in [0.2, 0.25) is 5.91 Å². The number of halogens is 2. The van der Waals surface area contributed by atoms with Crippen LogP contribution < -0.4 is 11.1 Å². The molecule has 0 heterocycles. The Labute approximate surface area is 96.8 Å². The Balaban J connectivity index is 2.90. The minimum Gasteiger partial charge on any atom is -0.368 e. The molecule has 17 heavy (non-hydrogen) atoms. The van der Waals surface area contributed by atoms with Crippen LogP contribution in [0.15, 0.2) is 18.2 Å². The average molecular weight is 242 g/mol. The summed E-state index contributed by atoms with van der Waals surface area (Å²) in [7, 11) is 0. The second-order valence-corrected chi connectivity index (χ2v) is 3.44. The Bertz CT molecular complexity index is 449. The molecule has 0 radical (unpaired) electrons. The lowest BCUT2D eigenvalue weighted by Crippen LogP contribution is -2.44. The van der Waals surface area contributed by atoms with E-state index >= 15 is 0 Å². The molecule has 0 bridgehead atoms. The molecular formula is C11H12F2N2O2. The largest absolute Gasteiger partial charge is 0.368 e. The highest BCUT2D eigenvalue weighted by Gasteiger charge is 2.20. The van der Waals surface area contributed by atoms with Crippen molar-refractivity contribution in [3.63, 3.8) is 0 Å². The molecule has 0 fully saturated rings. The molecule has 2 amide bonds.